The number of hydrogen-bond donors (Lipinski definition) is 1. The molecule has 10 heteroatoms. The van der Waals surface area contributed by atoms with Gasteiger partial charge in [0.25, 0.3) is 0 Å². The van der Waals surface area contributed by atoms with Crippen LogP contribution in [0.25, 0.3) is 0 Å². The fourth-order valence-corrected chi connectivity index (χ4v) is 4.33. The van der Waals surface area contributed by atoms with Crippen LogP contribution in [0.15, 0.2) is 59.5 Å². The Morgan fingerprint density at radius 1 is 1.00 bits per heavy atom. The summed E-state index contributed by atoms with van der Waals surface area (Å²) < 4.78 is 32.5. The van der Waals surface area contributed by atoms with E-state index < -0.39 is 34.5 Å². The number of nitrogens with one attached hydrogen (secondary N) is 1. The van der Waals surface area contributed by atoms with Gasteiger partial charge in [-0.1, -0.05) is 48.0 Å². The van der Waals surface area contributed by atoms with Crippen LogP contribution in [0.3, 0.4) is 0 Å². The van der Waals surface area contributed by atoms with Crippen LogP contribution in [0, 0.1) is 6.92 Å². The van der Waals surface area contributed by atoms with Gasteiger partial charge in [0.2, 0.25) is 15.9 Å². The molecule has 2 aromatic carbocycles. The number of carbonyl (C=O) groups is 3. The largest absolute Gasteiger partial charge is 0.445 e. The van der Waals surface area contributed by atoms with Gasteiger partial charge >= 0.3 is 6.09 Å². The molecule has 0 aliphatic heterocycles. The highest BCUT2D eigenvalue weighted by molar-refractivity contribution is 7.89. The van der Waals surface area contributed by atoms with Crippen LogP contribution in [0.2, 0.25) is 0 Å². The molecule has 0 heterocycles. The monoisotopic (exact) mass is 489 g/mol. The second-order valence-corrected chi connectivity index (χ2v) is 10.0. The van der Waals surface area contributed by atoms with Gasteiger partial charge in [-0.3, -0.25) is 9.59 Å². The maximum Gasteiger partial charge on any atom is 0.408 e. The SMILES string of the molecule is Cc1ccc(S(=O)(=O)N(CCC(=O)N(C)C)CC(=O)[C@H](C)NC(=O)OCc2ccccc2)cc1. The van der Waals surface area contributed by atoms with Crippen LogP contribution in [-0.4, -0.2) is 68.6 Å². The number of aryl methyl sites for hydroxylation is 1. The number of amides is 2. The molecule has 0 aliphatic rings. The highest BCUT2D eigenvalue weighted by Crippen LogP contribution is 2.17. The summed E-state index contributed by atoms with van der Waals surface area (Å²) in [4.78, 5) is 38.3. The summed E-state index contributed by atoms with van der Waals surface area (Å²) in [5.41, 5.74) is 1.67. The summed E-state index contributed by atoms with van der Waals surface area (Å²) in [5, 5.41) is 2.43. The Balaban J connectivity index is 2.07. The summed E-state index contributed by atoms with van der Waals surface area (Å²) in [6.07, 6.45) is -0.882. The number of ketones is 1. The lowest BCUT2D eigenvalue weighted by Crippen LogP contribution is -2.46. The number of ether oxygens (including phenoxy) is 1. The molecule has 2 rings (SSSR count). The fraction of sp³-hybridized carbons (Fsp3) is 0.375. The first kappa shape index (κ1) is 27.0. The van der Waals surface area contributed by atoms with Gasteiger partial charge in [-0.05, 0) is 31.5 Å². The summed E-state index contributed by atoms with van der Waals surface area (Å²) in [5.74, 6) is -0.808. The molecule has 2 amide bonds. The molecule has 34 heavy (non-hydrogen) atoms. The minimum Gasteiger partial charge on any atom is -0.445 e. The number of carbonyl (C=O) groups excluding carboxylic acids is 3. The molecule has 1 N–H and O–H groups in total. The molecule has 0 radical (unpaired) electrons. The summed E-state index contributed by atoms with van der Waals surface area (Å²) >= 11 is 0. The van der Waals surface area contributed by atoms with Gasteiger partial charge in [-0.2, -0.15) is 4.31 Å². The maximum atomic E-state index is 13.2. The first-order valence-corrected chi connectivity index (χ1v) is 12.2. The van der Waals surface area contributed by atoms with Crippen LogP contribution < -0.4 is 5.32 Å². The number of nitrogens with zero attached hydrogens (tertiary/aromatic N) is 2. The maximum absolute atomic E-state index is 13.2. The second kappa shape index (κ2) is 12.3. The standard InChI is InChI=1S/C24H31N3O6S/c1-18-10-12-21(13-11-18)34(31,32)27(15-14-23(29)26(3)4)16-22(28)19(2)25-24(30)33-17-20-8-6-5-7-9-20/h5-13,19H,14-17H2,1-4H3,(H,25,30)/t19-/m0/s1. The number of rotatable bonds is 11. The third-order valence-electron chi connectivity index (χ3n) is 5.09. The molecule has 0 bridgehead atoms. The van der Waals surface area contributed by atoms with E-state index in [0.29, 0.717) is 0 Å². The molecular weight excluding hydrogens is 458 g/mol. The molecule has 0 fully saturated rings. The van der Waals surface area contributed by atoms with E-state index in [1.54, 1.807) is 38.4 Å². The third kappa shape index (κ3) is 7.96. The number of hydrogen-bond acceptors (Lipinski definition) is 6. The molecule has 184 valence electrons. The zero-order chi connectivity index (χ0) is 25.3. The predicted octanol–water partition coefficient (Wildman–Crippen LogP) is 2.35. The Morgan fingerprint density at radius 3 is 2.21 bits per heavy atom. The quantitative estimate of drug-likeness (QED) is 0.518. The summed E-state index contributed by atoms with van der Waals surface area (Å²) in [7, 11) is -0.907. The van der Waals surface area contributed by atoms with Crippen molar-refractivity contribution in [3.05, 3.63) is 65.7 Å². The van der Waals surface area contributed by atoms with E-state index in [1.807, 2.05) is 25.1 Å². The molecule has 2 aromatic rings. The predicted molar refractivity (Wildman–Crippen MR) is 127 cm³/mol. The zero-order valence-electron chi connectivity index (χ0n) is 19.9. The van der Waals surface area contributed by atoms with Gasteiger partial charge in [0, 0.05) is 27.1 Å². The van der Waals surface area contributed by atoms with E-state index in [0.717, 1.165) is 15.4 Å². The number of sulfonamides is 1. The second-order valence-electron chi connectivity index (χ2n) is 8.08. The Hall–Kier alpha value is -3.24. The van der Waals surface area contributed by atoms with Crippen molar-refractivity contribution in [3.8, 4) is 0 Å². The number of alkyl carbamates (subject to hydrolysis) is 1. The topological polar surface area (TPSA) is 113 Å². The van der Waals surface area contributed by atoms with E-state index in [2.05, 4.69) is 5.32 Å². The van der Waals surface area contributed by atoms with Gasteiger partial charge in [0.1, 0.15) is 6.61 Å². The van der Waals surface area contributed by atoms with Crippen LogP contribution in [0.1, 0.15) is 24.5 Å². The van der Waals surface area contributed by atoms with E-state index in [4.69, 9.17) is 4.74 Å². The smallest absolute Gasteiger partial charge is 0.408 e. The van der Waals surface area contributed by atoms with E-state index in [-0.39, 0.29) is 30.4 Å². The fourth-order valence-electron chi connectivity index (χ4n) is 2.92. The third-order valence-corrected chi connectivity index (χ3v) is 6.95. The number of benzene rings is 2. The highest BCUT2D eigenvalue weighted by atomic mass is 32.2. The Kier molecular flexibility index (Phi) is 9.76. The lowest BCUT2D eigenvalue weighted by Gasteiger charge is -2.24. The zero-order valence-corrected chi connectivity index (χ0v) is 20.7. The lowest BCUT2D eigenvalue weighted by molar-refractivity contribution is -0.129. The van der Waals surface area contributed by atoms with Crippen LogP contribution in [0.5, 0.6) is 0 Å². The molecule has 0 unspecified atom stereocenters. The minimum atomic E-state index is -4.04. The molecule has 1 atom stereocenters. The van der Waals surface area contributed by atoms with E-state index >= 15 is 0 Å². The average molecular weight is 490 g/mol. The van der Waals surface area contributed by atoms with Gasteiger partial charge < -0.3 is 15.0 Å². The molecule has 0 saturated carbocycles. The Morgan fingerprint density at radius 2 is 1.62 bits per heavy atom. The average Bonchev–Trinajstić information content (AvgIpc) is 2.80. The Bertz CT molecular complexity index is 1090. The summed E-state index contributed by atoms with van der Waals surface area (Å²) in [6.45, 7) is 2.64. The van der Waals surface area contributed by atoms with E-state index in [1.165, 1.54) is 24.0 Å². The first-order chi connectivity index (χ1) is 16.0. The van der Waals surface area contributed by atoms with Crippen LogP contribution >= 0.6 is 0 Å². The molecule has 0 aliphatic carbocycles. The van der Waals surface area contributed by atoms with E-state index in [9.17, 15) is 22.8 Å². The van der Waals surface area contributed by atoms with Crippen molar-refractivity contribution in [3.63, 3.8) is 0 Å². The van der Waals surface area contributed by atoms with Gasteiger partial charge in [-0.15, -0.1) is 0 Å². The van der Waals surface area contributed by atoms with Gasteiger partial charge in [-0.25, -0.2) is 13.2 Å². The minimum absolute atomic E-state index is 0.0195. The van der Waals surface area contributed by atoms with Crippen molar-refractivity contribution in [2.24, 2.45) is 0 Å². The van der Waals surface area contributed by atoms with Crippen molar-refractivity contribution < 1.29 is 27.5 Å². The van der Waals surface area contributed by atoms with Crippen LogP contribution in [0.4, 0.5) is 4.79 Å². The van der Waals surface area contributed by atoms with Crippen molar-refractivity contribution >= 4 is 27.8 Å². The molecule has 0 saturated heterocycles. The van der Waals surface area contributed by atoms with Crippen molar-refractivity contribution in [2.75, 3.05) is 27.2 Å². The Labute approximate surface area is 200 Å². The first-order valence-electron chi connectivity index (χ1n) is 10.8. The van der Waals surface area contributed by atoms with Crippen molar-refractivity contribution in [2.45, 2.75) is 37.8 Å². The van der Waals surface area contributed by atoms with Crippen molar-refractivity contribution in [1.82, 2.24) is 14.5 Å². The number of Topliss-reactive ketones (excluding diaryl/α,β-unsaturated/α-hetero) is 1. The lowest BCUT2D eigenvalue weighted by atomic mass is 10.2. The summed E-state index contributed by atoms with van der Waals surface area (Å²) in [6, 6.07) is 14.3. The van der Waals surface area contributed by atoms with Gasteiger partial charge in [0.05, 0.1) is 17.5 Å². The molecule has 0 aromatic heterocycles. The molecular formula is C24H31N3O6S. The van der Waals surface area contributed by atoms with Gasteiger partial charge in [0.15, 0.2) is 5.78 Å². The van der Waals surface area contributed by atoms with Crippen molar-refractivity contribution in [1.29, 1.82) is 0 Å². The van der Waals surface area contributed by atoms with Crippen LogP contribution in [-0.2, 0) is 31.0 Å². The highest BCUT2D eigenvalue weighted by Gasteiger charge is 2.29. The normalized spacial score (nSPS) is 12.1. The molecule has 9 nitrogen and oxygen atoms in total. The molecule has 0 spiro atoms.